The van der Waals surface area contributed by atoms with Crippen molar-refractivity contribution in [3.63, 3.8) is 0 Å². The Kier molecular flexibility index (Phi) is 5.44. The number of benzene rings is 1. The molecule has 0 unspecified atom stereocenters. The van der Waals surface area contributed by atoms with Crippen molar-refractivity contribution >= 4 is 34.8 Å². The largest absolute Gasteiger partial charge is 0.331 e. The van der Waals surface area contributed by atoms with Crippen LogP contribution < -0.4 is 16.6 Å². The molecule has 1 heterocycles. The van der Waals surface area contributed by atoms with Gasteiger partial charge in [-0.2, -0.15) is 5.26 Å². The van der Waals surface area contributed by atoms with Gasteiger partial charge in [0.25, 0.3) is 5.56 Å². The minimum absolute atomic E-state index is 0.214. The van der Waals surface area contributed by atoms with E-state index in [1.54, 1.807) is 13.0 Å². The molecule has 1 amide bonds. The molecule has 1 N–H and O–H groups in total. The van der Waals surface area contributed by atoms with Gasteiger partial charge in [0.05, 0.1) is 10.7 Å². The lowest BCUT2D eigenvalue weighted by molar-refractivity contribution is -0.116. The van der Waals surface area contributed by atoms with E-state index in [4.69, 9.17) is 28.5 Å². The van der Waals surface area contributed by atoms with Crippen molar-refractivity contribution < 1.29 is 4.79 Å². The Morgan fingerprint density at radius 3 is 2.62 bits per heavy atom. The van der Waals surface area contributed by atoms with Gasteiger partial charge in [0, 0.05) is 17.8 Å². The Labute approximate surface area is 146 Å². The predicted octanol–water partition coefficient (Wildman–Crippen LogP) is 1.85. The number of aromatic nitrogens is 2. The molecule has 0 saturated carbocycles. The highest BCUT2D eigenvalue weighted by molar-refractivity contribution is 6.36. The normalized spacial score (nSPS) is 10.2. The molecule has 124 valence electrons. The molecule has 9 heteroatoms. The second-order valence-corrected chi connectivity index (χ2v) is 5.63. The van der Waals surface area contributed by atoms with E-state index in [0.717, 1.165) is 0 Å². The van der Waals surface area contributed by atoms with Crippen LogP contribution in [0.25, 0.3) is 0 Å². The maximum atomic E-state index is 12.2. The molecule has 0 aliphatic heterocycles. The predicted molar refractivity (Wildman–Crippen MR) is 90.4 cm³/mol. The van der Waals surface area contributed by atoms with Gasteiger partial charge in [0.2, 0.25) is 5.91 Å². The number of rotatable bonds is 4. The molecule has 0 saturated heterocycles. The molecular weight excluding hydrogens is 355 g/mol. The number of anilines is 1. The standard InChI is InChI=1S/C15H12Cl2N4O3/c1-2-20-7-9(6-18)14(23)21(15(20)24)8-13(22)19-12-4-3-10(16)5-11(12)17/h3-5,7H,2,8H2,1H3,(H,19,22). The summed E-state index contributed by atoms with van der Waals surface area (Å²) in [6, 6.07) is 6.20. The van der Waals surface area contributed by atoms with Crippen molar-refractivity contribution in [3.05, 3.63) is 60.8 Å². The molecule has 0 bridgehead atoms. The number of carbonyl (C=O) groups is 1. The number of aryl methyl sites for hydroxylation is 1. The first kappa shape index (κ1) is 17.8. The number of carbonyl (C=O) groups excluding carboxylic acids is 1. The fourth-order valence-electron chi connectivity index (χ4n) is 2.02. The van der Waals surface area contributed by atoms with Crippen LogP contribution in [-0.2, 0) is 17.9 Å². The maximum Gasteiger partial charge on any atom is 0.331 e. The smallest absolute Gasteiger partial charge is 0.323 e. The van der Waals surface area contributed by atoms with Gasteiger partial charge in [-0.25, -0.2) is 9.36 Å². The first-order valence-electron chi connectivity index (χ1n) is 6.86. The third kappa shape index (κ3) is 3.67. The van der Waals surface area contributed by atoms with Crippen LogP contribution in [0.1, 0.15) is 12.5 Å². The van der Waals surface area contributed by atoms with E-state index < -0.39 is 23.7 Å². The quantitative estimate of drug-likeness (QED) is 0.892. The van der Waals surface area contributed by atoms with Crippen LogP contribution >= 0.6 is 23.2 Å². The number of halogens is 2. The summed E-state index contributed by atoms with van der Waals surface area (Å²) in [4.78, 5) is 36.4. The molecule has 2 aromatic rings. The SMILES string of the molecule is CCn1cc(C#N)c(=O)n(CC(=O)Nc2ccc(Cl)cc2Cl)c1=O. The molecule has 0 radical (unpaired) electrons. The van der Waals surface area contributed by atoms with Crippen molar-refractivity contribution in [1.29, 1.82) is 5.26 Å². The van der Waals surface area contributed by atoms with Crippen LogP contribution in [0.2, 0.25) is 10.0 Å². The highest BCUT2D eigenvalue weighted by Crippen LogP contribution is 2.25. The Morgan fingerprint density at radius 2 is 2.04 bits per heavy atom. The van der Waals surface area contributed by atoms with Gasteiger partial charge in [0.15, 0.2) is 0 Å². The summed E-state index contributed by atoms with van der Waals surface area (Å²) in [5, 5.41) is 12.1. The summed E-state index contributed by atoms with van der Waals surface area (Å²) >= 11 is 11.7. The van der Waals surface area contributed by atoms with Crippen molar-refractivity contribution in [1.82, 2.24) is 9.13 Å². The summed E-state index contributed by atoms with van der Waals surface area (Å²) in [6.07, 6.45) is 1.18. The Balaban J connectivity index is 2.34. The van der Waals surface area contributed by atoms with Gasteiger partial charge < -0.3 is 5.32 Å². The Morgan fingerprint density at radius 1 is 1.33 bits per heavy atom. The summed E-state index contributed by atoms with van der Waals surface area (Å²) in [6.45, 7) is 1.41. The van der Waals surface area contributed by atoms with Gasteiger partial charge in [-0.05, 0) is 25.1 Å². The van der Waals surface area contributed by atoms with E-state index in [1.165, 1.54) is 29.0 Å². The molecule has 0 aliphatic rings. The average molecular weight is 367 g/mol. The zero-order chi connectivity index (χ0) is 17.9. The summed E-state index contributed by atoms with van der Waals surface area (Å²) in [5.41, 5.74) is -1.40. The third-order valence-electron chi connectivity index (χ3n) is 3.21. The summed E-state index contributed by atoms with van der Waals surface area (Å²) in [5.74, 6) is -0.629. The van der Waals surface area contributed by atoms with Crippen LogP contribution in [0.5, 0.6) is 0 Å². The van der Waals surface area contributed by atoms with Crippen molar-refractivity contribution in [2.75, 3.05) is 5.32 Å². The average Bonchev–Trinajstić information content (AvgIpc) is 2.54. The third-order valence-corrected chi connectivity index (χ3v) is 3.75. The van der Waals surface area contributed by atoms with E-state index in [0.29, 0.717) is 15.3 Å². The molecule has 1 aromatic heterocycles. The number of nitrogens with one attached hydrogen (secondary N) is 1. The van der Waals surface area contributed by atoms with Gasteiger partial charge >= 0.3 is 5.69 Å². The van der Waals surface area contributed by atoms with E-state index in [-0.39, 0.29) is 17.1 Å². The number of amides is 1. The topological polar surface area (TPSA) is 96.9 Å². The molecule has 0 spiro atoms. The van der Waals surface area contributed by atoms with Crippen molar-refractivity contribution in [2.45, 2.75) is 20.0 Å². The zero-order valence-electron chi connectivity index (χ0n) is 12.5. The minimum Gasteiger partial charge on any atom is -0.323 e. The minimum atomic E-state index is -0.815. The number of hydrogen-bond donors (Lipinski definition) is 1. The van der Waals surface area contributed by atoms with Crippen LogP contribution in [0.4, 0.5) is 5.69 Å². The summed E-state index contributed by atoms with van der Waals surface area (Å²) < 4.78 is 1.89. The fourth-order valence-corrected chi connectivity index (χ4v) is 2.48. The molecule has 0 fully saturated rings. The lowest BCUT2D eigenvalue weighted by Gasteiger charge is -2.11. The molecule has 0 atom stereocenters. The lowest BCUT2D eigenvalue weighted by Crippen LogP contribution is -2.43. The van der Waals surface area contributed by atoms with E-state index in [2.05, 4.69) is 5.32 Å². The second kappa shape index (κ2) is 7.34. The first-order chi connectivity index (χ1) is 11.4. The molecule has 0 aliphatic carbocycles. The van der Waals surface area contributed by atoms with Gasteiger partial charge in [-0.3, -0.25) is 14.2 Å². The van der Waals surface area contributed by atoms with Crippen LogP contribution in [0.3, 0.4) is 0 Å². The van der Waals surface area contributed by atoms with Crippen molar-refractivity contribution in [2.24, 2.45) is 0 Å². The highest BCUT2D eigenvalue weighted by Gasteiger charge is 2.14. The molecule has 7 nitrogen and oxygen atoms in total. The number of nitriles is 1. The lowest BCUT2D eigenvalue weighted by atomic mass is 10.3. The zero-order valence-corrected chi connectivity index (χ0v) is 14.1. The van der Waals surface area contributed by atoms with Crippen molar-refractivity contribution in [3.8, 4) is 6.07 Å². The van der Waals surface area contributed by atoms with E-state index in [1.807, 2.05) is 0 Å². The summed E-state index contributed by atoms with van der Waals surface area (Å²) in [7, 11) is 0. The molecule has 2 rings (SSSR count). The monoisotopic (exact) mass is 366 g/mol. The maximum absolute atomic E-state index is 12.2. The van der Waals surface area contributed by atoms with Gasteiger partial charge in [0.1, 0.15) is 18.2 Å². The first-order valence-corrected chi connectivity index (χ1v) is 7.62. The molecule has 1 aromatic carbocycles. The van der Waals surface area contributed by atoms with E-state index in [9.17, 15) is 14.4 Å². The fraction of sp³-hybridized carbons (Fsp3) is 0.200. The van der Waals surface area contributed by atoms with Crippen LogP contribution in [0, 0.1) is 11.3 Å². The van der Waals surface area contributed by atoms with E-state index >= 15 is 0 Å². The molecule has 24 heavy (non-hydrogen) atoms. The molecular formula is C15H12Cl2N4O3. The number of hydrogen-bond acceptors (Lipinski definition) is 4. The number of nitrogens with zero attached hydrogens (tertiary/aromatic N) is 3. The van der Waals surface area contributed by atoms with Crippen LogP contribution in [0.15, 0.2) is 34.0 Å². The van der Waals surface area contributed by atoms with Crippen LogP contribution in [-0.4, -0.2) is 15.0 Å². The Hall–Kier alpha value is -2.56. The second-order valence-electron chi connectivity index (χ2n) is 4.79. The van der Waals surface area contributed by atoms with Gasteiger partial charge in [-0.1, -0.05) is 23.2 Å². The van der Waals surface area contributed by atoms with Gasteiger partial charge in [-0.15, -0.1) is 0 Å². The Bertz CT molecular complexity index is 957. The highest BCUT2D eigenvalue weighted by atomic mass is 35.5.